The number of halogens is 2. The standard InChI is InChI=1S/C22H30FN3O3.HI/c1-22(2,16-9-7-8-10-17(16)23)14-26-21(24-3)25-13-15-11-18(27-4)20(29-6)19(12-15)28-5;/h7-12H,13-14H2,1-6H3,(H2,24,25,26);1H. The first kappa shape index (κ1) is 25.8. The SMILES string of the molecule is CN=C(NCc1cc(OC)c(OC)c(OC)c1)NCC(C)(C)c1ccccc1F.I. The number of rotatable bonds is 8. The molecule has 0 aliphatic heterocycles. The molecule has 0 saturated heterocycles. The van der Waals surface area contributed by atoms with Crippen LogP contribution in [-0.2, 0) is 12.0 Å². The van der Waals surface area contributed by atoms with E-state index in [9.17, 15) is 4.39 Å². The van der Waals surface area contributed by atoms with Crippen LogP contribution in [-0.4, -0.2) is 40.9 Å². The van der Waals surface area contributed by atoms with Gasteiger partial charge in [-0.15, -0.1) is 24.0 Å². The molecule has 0 radical (unpaired) electrons. The van der Waals surface area contributed by atoms with Crippen LogP contribution in [0.1, 0.15) is 25.0 Å². The number of hydrogen-bond donors (Lipinski definition) is 2. The monoisotopic (exact) mass is 531 g/mol. The van der Waals surface area contributed by atoms with Gasteiger partial charge in [-0.05, 0) is 29.3 Å². The minimum atomic E-state index is -0.407. The van der Waals surface area contributed by atoms with Gasteiger partial charge in [0.25, 0.3) is 0 Å². The highest BCUT2D eigenvalue weighted by atomic mass is 127. The molecule has 2 aromatic carbocycles. The molecule has 0 aliphatic rings. The van der Waals surface area contributed by atoms with E-state index in [0.29, 0.717) is 41.9 Å². The van der Waals surface area contributed by atoms with Crippen LogP contribution in [0, 0.1) is 5.82 Å². The van der Waals surface area contributed by atoms with Crippen LogP contribution in [0.25, 0.3) is 0 Å². The lowest BCUT2D eigenvalue weighted by Gasteiger charge is -2.27. The van der Waals surface area contributed by atoms with Crippen molar-refractivity contribution in [1.29, 1.82) is 0 Å². The second-order valence-electron chi connectivity index (χ2n) is 7.18. The van der Waals surface area contributed by atoms with Gasteiger partial charge in [0.05, 0.1) is 21.3 Å². The Hall–Kier alpha value is -2.23. The number of benzene rings is 2. The molecule has 0 spiro atoms. The molecule has 0 atom stereocenters. The third-order valence-electron chi connectivity index (χ3n) is 4.71. The summed E-state index contributed by atoms with van der Waals surface area (Å²) in [5.41, 5.74) is 1.19. The number of nitrogens with zero attached hydrogens (tertiary/aromatic N) is 1. The van der Waals surface area contributed by atoms with E-state index in [-0.39, 0.29) is 29.8 Å². The first-order valence-electron chi connectivity index (χ1n) is 9.34. The Morgan fingerprint density at radius 2 is 1.60 bits per heavy atom. The minimum absolute atomic E-state index is 0. The van der Waals surface area contributed by atoms with Gasteiger partial charge < -0.3 is 24.8 Å². The van der Waals surface area contributed by atoms with Crippen LogP contribution < -0.4 is 24.8 Å². The van der Waals surface area contributed by atoms with Gasteiger partial charge in [0.2, 0.25) is 5.75 Å². The van der Waals surface area contributed by atoms with Crippen LogP contribution in [0.5, 0.6) is 17.2 Å². The molecule has 8 heteroatoms. The van der Waals surface area contributed by atoms with Gasteiger partial charge in [-0.1, -0.05) is 32.0 Å². The lowest BCUT2D eigenvalue weighted by molar-refractivity contribution is 0.323. The summed E-state index contributed by atoms with van der Waals surface area (Å²) in [6.07, 6.45) is 0. The number of guanidine groups is 1. The summed E-state index contributed by atoms with van der Waals surface area (Å²) >= 11 is 0. The molecule has 0 aromatic heterocycles. The van der Waals surface area contributed by atoms with E-state index in [1.54, 1.807) is 34.4 Å². The molecule has 0 saturated carbocycles. The normalized spacial score (nSPS) is 11.4. The third kappa shape index (κ3) is 6.38. The topological polar surface area (TPSA) is 64.1 Å². The molecule has 0 unspecified atom stereocenters. The van der Waals surface area contributed by atoms with Gasteiger partial charge in [0.1, 0.15) is 5.82 Å². The van der Waals surface area contributed by atoms with E-state index < -0.39 is 5.41 Å². The summed E-state index contributed by atoms with van der Waals surface area (Å²) in [5.74, 6) is 2.13. The van der Waals surface area contributed by atoms with Crippen molar-refractivity contribution >= 4 is 29.9 Å². The molecule has 30 heavy (non-hydrogen) atoms. The van der Waals surface area contributed by atoms with E-state index in [2.05, 4.69) is 15.6 Å². The highest BCUT2D eigenvalue weighted by molar-refractivity contribution is 14.0. The van der Waals surface area contributed by atoms with Crippen LogP contribution in [0.15, 0.2) is 41.4 Å². The molecule has 6 nitrogen and oxygen atoms in total. The molecule has 0 bridgehead atoms. The summed E-state index contributed by atoms with van der Waals surface area (Å²) < 4.78 is 30.3. The molecule has 0 fully saturated rings. The summed E-state index contributed by atoms with van der Waals surface area (Å²) in [7, 11) is 6.43. The van der Waals surface area contributed by atoms with E-state index in [1.165, 1.54) is 6.07 Å². The van der Waals surface area contributed by atoms with Crippen LogP contribution >= 0.6 is 24.0 Å². The average Bonchev–Trinajstić information content (AvgIpc) is 2.73. The average molecular weight is 531 g/mol. The minimum Gasteiger partial charge on any atom is -0.493 e. The van der Waals surface area contributed by atoms with Gasteiger partial charge in [0, 0.05) is 25.6 Å². The molecule has 2 rings (SSSR count). The van der Waals surface area contributed by atoms with Crippen molar-refractivity contribution in [2.45, 2.75) is 25.8 Å². The number of aliphatic imine (C=N–C) groups is 1. The van der Waals surface area contributed by atoms with Gasteiger partial charge in [-0.3, -0.25) is 4.99 Å². The van der Waals surface area contributed by atoms with Crippen molar-refractivity contribution in [3.05, 3.63) is 53.3 Å². The first-order valence-corrected chi connectivity index (χ1v) is 9.34. The summed E-state index contributed by atoms with van der Waals surface area (Å²) in [6.45, 7) is 5.00. The quantitative estimate of drug-likeness (QED) is 0.305. The lowest BCUT2D eigenvalue weighted by atomic mass is 9.84. The Morgan fingerprint density at radius 1 is 1.00 bits per heavy atom. The third-order valence-corrected chi connectivity index (χ3v) is 4.71. The van der Waals surface area contributed by atoms with Crippen molar-refractivity contribution in [1.82, 2.24) is 10.6 Å². The highest BCUT2D eigenvalue weighted by Crippen LogP contribution is 2.38. The second kappa shape index (κ2) is 11.8. The lowest BCUT2D eigenvalue weighted by Crippen LogP contribution is -2.43. The van der Waals surface area contributed by atoms with Crippen LogP contribution in [0.4, 0.5) is 4.39 Å². The largest absolute Gasteiger partial charge is 0.493 e. The van der Waals surface area contributed by atoms with Crippen LogP contribution in [0.3, 0.4) is 0 Å². The molecule has 2 aromatic rings. The predicted octanol–water partition coefficient (Wildman–Crippen LogP) is 4.11. The first-order chi connectivity index (χ1) is 13.9. The molecule has 166 valence electrons. The number of hydrogen-bond acceptors (Lipinski definition) is 4. The fourth-order valence-corrected chi connectivity index (χ4v) is 3.05. The van der Waals surface area contributed by atoms with Crippen molar-refractivity contribution in [2.75, 3.05) is 34.9 Å². The molecular formula is C22H31FIN3O3. The maximum absolute atomic E-state index is 14.2. The van der Waals surface area contributed by atoms with Crippen molar-refractivity contribution in [2.24, 2.45) is 4.99 Å². The maximum atomic E-state index is 14.2. The Labute approximate surface area is 195 Å². The molecular weight excluding hydrogens is 500 g/mol. The molecule has 0 aliphatic carbocycles. The Morgan fingerprint density at radius 3 is 2.10 bits per heavy atom. The van der Waals surface area contributed by atoms with E-state index >= 15 is 0 Å². The molecule has 2 N–H and O–H groups in total. The summed E-state index contributed by atoms with van der Waals surface area (Å²) in [5, 5.41) is 6.53. The number of methoxy groups -OCH3 is 3. The summed E-state index contributed by atoms with van der Waals surface area (Å²) in [6, 6.07) is 10.6. The van der Waals surface area contributed by atoms with E-state index in [0.717, 1.165) is 5.56 Å². The van der Waals surface area contributed by atoms with E-state index in [1.807, 2.05) is 38.1 Å². The zero-order valence-electron chi connectivity index (χ0n) is 18.3. The number of nitrogens with one attached hydrogen (secondary N) is 2. The van der Waals surface area contributed by atoms with Gasteiger partial charge in [-0.25, -0.2) is 4.39 Å². The predicted molar refractivity (Wildman–Crippen MR) is 129 cm³/mol. The zero-order chi connectivity index (χ0) is 21.4. The highest BCUT2D eigenvalue weighted by Gasteiger charge is 2.24. The number of ether oxygens (including phenoxy) is 3. The van der Waals surface area contributed by atoms with Crippen LogP contribution in [0.2, 0.25) is 0 Å². The van der Waals surface area contributed by atoms with Gasteiger partial charge in [0.15, 0.2) is 17.5 Å². The molecule has 0 amide bonds. The fourth-order valence-electron chi connectivity index (χ4n) is 3.05. The zero-order valence-corrected chi connectivity index (χ0v) is 20.7. The Bertz CT molecular complexity index is 834. The smallest absolute Gasteiger partial charge is 0.203 e. The van der Waals surface area contributed by atoms with Crippen molar-refractivity contribution in [3.63, 3.8) is 0 Å². The maximum Gasteiger partial charge on any atom is 0.203 e. The fraction of sp³-hybridized carbons (Fsp3) is 0.409. The van der Waals surface area contributed by atoms with E-state index in [4.69, 9.17) is 14.2 Å². The second-order valence-corrected chi connectivity index (χ2v) is 7.18. The van der Waals surface area contributed by atoms with Gasteiger partial charge in [-0.2, -0.15) is 0 Å². The van der Waals surface area contributed by atoms with Crippen molar-refractivity contribution < 1.29 is 18.6 Å². The summed E-state index contributed by atoms with van der Waals surface area (Å²) in [4.78, 5) is 4.25. The molecule has 0 heterocycles. The van der Waals surface area contributed by atoms with Gasteiger partial charge >= 0.3 is 0 Å². The van der Waals surface area contributed by atoms with Crippen molar-refractivity contribution in [3.8, 4) is 17.2 Å². The Balaban J connectivity index is 0.00000450. The Kier molecular flexibility index (Phi) is 10.2.